The van der Waals surface area contributed by atoms with Gasteiger partial charge in [0, 0.05) is 10.0 Å². The minimum Gasteiger partial charge on any atom is -0.456 e. The van der Waals surface area contributed by atoms with Gasteiger partial charge in [0.05, 0.1) is 4.47 Å². The monoisotopic (exact) mass is 383 g/mol. The first-order chi connectivity index (χ1) is 8.97. The molecule has 19 heavy (non-hydrogen) atoms. The van der Waals surface area contributed by atoms with Crippen molar-refractivity contribution in [3.63, 3.8) is 0 Å². The summed E-state index contributed by atoms with van der Waals surface area (Å²) in [6.07, 6.45) is 0. The molecule has 0 aliphatic heterocycles. The number of halogens is 2. The quantitative estimate of drug-likeness (QED) is 0.851. The Bertz CT molecular complexity index is 641. The Morgan fingerprint density at radius 3 is 2.42 bits per heavy atom. The zero-order valence-electron chi connectivity index (χ0n) is 10.1. The summed E-state index contributed by atoms with van der Waals surface area (Å²) in [5.74, 6) is 0.895. The first-order valence-electron chi connectivity index (χ1n) is 5.51. The molecule has 98 valence electrons. The van der Waals surface area contributed by atoms with Crippen LogP contribution >= 0.6 is 31.9 Å². The predicted molar refractivity (Wildman–Crippen MR) is 81.6 cm³/mol. The number of hydrogen-bond acceptors (Lipinski definition) is 2. The van der Waals surface area contributed by atoms with Gasteiger partial charge in [-0.05, 0) is 64.8 Å². The molecule has 0 spiro atoms. The van der Waals surface area contributed by atoms with E-state index in [1.807, 2.05) is 25.1 Å². The molecule has 0 heterocycles. The van der Waals surface area contributed by atoms with Crippen LogP contribution in [0.15, 0.2) is 45.3 Å². The van der Waals surface area contributed by atoms with E-state index in [9.17, 15) is 4.79 Å². The summed E-state index contributed by atoms with van der Waals surface area (Å²) >= 11 is 6.80. The van der Waals surface area contributed by atoms with Crippen molar-refractivity contribution < 1.29 is 9.53 Å². The van der Waals surface area contributed by atoms with Gasteiger partial charge in [0.2, 0.25) is 5.91 Å². The molecule has 0 saturated heterocycles. The van der Waals surface area contributed by atoms with Gasteiger partial charge in [-0.15, -0.1) is 0 Å². The van der Waals surface area contributed by atoms with E-state index in [1.54, 1.807) is 18.2 Å². The predicted octanol–water partition coefficient (Wildman–Crippen LogP) is 4.41. The summed E-state index contributed by atoms with van der Waals surface area (Å²) in [5, 5.41) is 0. The van der Waals surface area contributed by atoms with Crippen LogP contribution in [0.4, 0.5) is 0 Å². The fraction of sp³-hybridized carbons (Fsp3) is 0.0714. The van der Waals surface area contributed by atoms with Crippen molar-refractivity contribution >= 4 is 37.8 Å². The van der Waals surface area contributed by atoms with Gasteiger partial charge in [0.15, 0.2) is 0 Å². The molecule has 2 N–H and O–H groups in total. The van der Waals surface area contributed by atoms with Crippen molar-refractivity contribution in [3.8, 4) is 11.5 Å². The third kappa shape index (κ3) is 3.36. The van der Waals surface area contributed by atoms with E-state index in [0.29, 0.717) is 15.8 Å². The van der Waals surface area contributed by atoms with Gasteiger partial charge in [0.25, 0.3) is 0 Å². The van der Waals surface area contributed by atoms with Crippen LogP contribution in [0.2, 0.25) is 0 Å². The van der Waals surface area contributed by atoms with Gasteiger partial charge in [-0.3, -0.25) is 4.79 Å². The zero-order chi connectivity index (χ0) is 14.0. The summed E-state index contributed by atoms with van der Waals surface area (Å²) in [4.78, 5) is 11.1. The molecule has 0 aliphatic carbocycles. The lowest BCUT2D eigenvalue weighted by molar-refractivity contribution is 0.1000. The highest BCUT2D eigenvalue weighted by Crippen LogP contribution is 2.32. The second-order valence-corrected chi connectivity index (χ2v) is 5.73. The smallest absolute Gasteiger partial charge is 0.248 e. The van der Waals surface area contributed by atoms with Gasteiger partial charge < -0.3 is 10.5 Å². The Hall–Kier alpha value is -1.33. The highest BCUT2D eigenvalue weighted by Gasteiger charge is 2.07. The number of primary amides is 1. The third-order valence-electron chi connectivity index (χ3n) is 2.57. The van der Waals surface area contributed by atoms with Crippen LogP contribution in [-0.2, 0) is 0 Å². The lowest BCUT2D eigenvalue weighted by atomic mass is 10.2. The molecule has 2 rings (SSSR count). The number of nitrogens with two attached hydrogens (primary N) is 1. The van der Waals surface area contributed by atoms with E-state index < -0.39 is 5.91 Å². The number of ether oxygens (including phenoxy) is 1. The van der Waals surface area contributed by atoms with Crippen LogP contribution in [0.3, 0.4) is 0 Å². The lowest BCUT2D eigenvalue weighted by Gasteiger charge is -2.09. The average molecular weight is 385 g/mol. The molecule has 0 fully saturated rings. The highest BCUT2D eigenvalue weighted by molar-refractivity contribution is 9.10. The van der Waals surface area contributed by atoms with Crippen molar-refractivity contribution in [2.75, 3.05) is 0 Å². The average Bonchev–Trinajstić information content (AvgIpc) is 2.36. The highest BCUT2D eigenvalue weighted by atomic mass is 79.9. The second-order valence-electron chi connectivity index (χ2n) is 4.02. The molecule has 3 nitrogen and oxygen atoms in total. The van der Waals surface area contributed by atoms with Crippen LogP contribution in [0.5, 0.6) is 11.5 Å². The summed E-state index contributed by atoms with van der Waals surface area (Å²) in [7, 11) is 0. The van der Waals surface area contributed by atoms with E-state index in [1.165, 1.54) is 0 Å². The lowest BCUT2D eigenvalue weighted by Crippen LogP contribution is -2.10. The first kappa shape index (κ1) is 14.1. The maximum atomic E-state index is 11.1. The molecule has 0 atom stereocenters. The molecular formula is C14H11Br2NO2. The number of carbonyl (C=O) groups is 1. The van der Waals surface area contributed by atoms with E-state index in [0.717, 1.165) is 15.8 Å². The first-order valence-corrected chi connectivity index (χ1v) is 7.09. The molecule has 0 aromatic heterocycles. The van der Waals surface area contributed by atoms with Crippen LogP contribution in [0.1, 0.15) is 15.9 Å². The molecule has 2 aromatic rings. The molecule has 1 amide bonds. The number of hydrogen-bond donors (Lipinski definition) is 1. The van der Waals surface area contributed by atoms with E-state index in [-0.39, 0.29) is 0 Å². The van der Waals surface area contributed by atoms with Crippen LogP contribution in [0, 0.1) is 6.92 Å². The molecule has 5 heteroatoms. The van der Waals surface area contributed by atoms with Gasteiger partial charge in [0.1, 0.15) is 11.5 Å². The maximum absolute atomic E-state index is 11.1. The zero-order valence-corrected chi connectivity index (χ0v) is 13.3. The molecule has 0 radical (unpaired) electrons. The fourth-order valence-electron chi connectivity index (χ4n) is 1.54. The SMILES string of the molecule is Cc1cc(Oc2ccc(C(N)=O)cc2Br)ccc1Br. The van der Waals surface area contributed by atoms with Crippen molar-refractivity contribution in [3.05, 3.63) is 56.5 Å². The maximum Gasteiger partial charge on any atom is 0.248 e. The minimum atomic E-state index is -0.466. The third-order valence-corrected chi connectivity index (χ3v) is 4.08. The Kier molecular flexibility index (Phi) is 4.27. The van der Waals surface area contributed by atoms with Crippen LogP contribution in [0.25, 0.3) is 0 Å². The van der Waals surface area contributed by atoms with Crippen LogP contribution in [-0.4, -0.2) is 5.91 Å². The van der Waals surface area contributed by atoms with Gasteiger partial charge in [-0.25, -0.2) is 0 Å². The summed E-state index contributed by atoms with van der Waals surface area (Å²) in [5.41, 5.74) is 6.74. The largest absolute Gasteiger partial charge is 0.456 e. The van der Waals surface area contributed by atoms with Crippen molar-refractivity contribution in [1.29, 1.82) is 0 Å². The van der Waals surface area contributed by atoms with Crippen molar-refractivity contribution in [2.45, 2.75) is 6.92 Å². The molecule has 0 unspecified atom stereocenters. The fourth-order valence-corrected chi connectivity index (χ4v) is 2.25. The Labute approximate surface area is 128 Å². The van der Waals surface area contributed by atoms with Gasteiger partial charge in [-0.2, -0.15) is 0 Å². The van der Waals surface area contributed by atoms with Gasteiger partial charge >= 0.3 is 0 Å². The molecule has 2 aromatic carbocycles. The Morgan fingerprint density at radius 1 is 1.11 bits per heavy atom. The summed E-state index contributed by atoms with van der Waals surface area (Å²) in [6.45, 7) is 1.99. The van der Waals surface area contributed by atoms with Crippen LogP contribution < -0.4 is 10.5 Å². The summed E-state index contributed by atoms with van der Waals surface area (Å²) in [6, 6.07) is 10.7. The minimum absolute atomic E-state index is 0.436. The molecule has 0 bridgehead atoms. The number of aryl methyl sites for hydroxylation is 1. The molecule has 0 aliphatic rings. The Balaban J connectivity index is 2.28. The van der Waals surface area contributed by atoms with E-state index >= 15 is 0 Å². The molecule has 0 saturated carbocycles. The topological polar surface area (TPSA) is 52.3 Å². The standard InChI is InChI=1S/C14H11Br2NO2/c1-8-6-10(3-4-11(8)15)19-13-5-2-9(14(17)18)7-12(13)16/h2-7H,1H3,(H2,17,18). The van der Waals surface area contributed by atoms with Crippen molar-refractivity contribution in [2.24, 2.45) is 5.73 Å². The number of amides is 1. The van der Waals surface area contributed by atoms with E-state index in [4.69, 9.17) is 10.5 Å². The number of benzene rings is 2. The second kappa shape index (κ2) is 5.75. The Morgan fingerprint density at radius 2 is 1.84 bits per heavy atom. The van der Waals surface area contributed by atoms with E-state index in [2.05, 4.69) is 31.9 Å². The van der Waals surface area contributed by atoms with Gasteiger partial charge in [-0.1, -0.05) is 15.9 Å². The molecular weight excluding hydrogens is 374 g/mol. The van der Waals surface area contributed by atoms with Crippen molar-refractivity contribution in [1.82, 2.24) is 0 Å². The number of carbonyl (C=O) groups excluding carboxylic acids is 1. The normalized spacial score (nSPS) is 10.3. The summed E-state index contributed by atoms with van der Waals surface area (Å²) < 4.78 is 7.48. The number of rotatable bonds is 3.